The fourth-order valence-corrected chi connectivity index (χ4v) is 8.28. The van der Waals surface area contributed by atoms with Gasteiger partial charge in [-0.05, 0) is 66.7 Å². The maximum Gasteiger partial charge on any atom is 0.144 e. The van der Waals surface area contributed by atoms with Crippen LogP contribution in [0, 0.1) is 0 Å². The molecule has 0 atom stereocenters. The van der Waals surface area contributed by atoms with Gasteiger partial charge in [0.25, 0.3) is 0 Å². The Kier molecular flexibility index (Phi) is 5.70. The maximum absolute atomic E-state index is 7.18. The lowest BCUT2D eigenvalue weighted by molar-refractivity contribution is 0.634. The lowest BCUT2D eigenvalue weighted by Crippen LogP contribution is -1.89. The van der Waals surface area contributed by atoms with Gasteiger partial charge >= 0.3 is 0 Å². The van der Waals surface area contributed by atoms with Crippen LogP contribution in [0.5, 0.6) is 0 Å². The van der Waals surface area contributed by atoms with Gasteiger partial charge in [-0.3, -0.25) is 0 Å². The third kappa shape index (κ3) is 3.85. The summed E-state index contributed by atoms with van der Waals surface area (Å²) in [6, 6.07) is 60.6. The highest BCUT2D eigenvalue weighted by Crippen LogP contribution is 2.49. The van der Waals surface area contributed by atoms with Gasteiger partial charge in [0.15, 0.2) is 0 Å². The number of para-hydroxylation sites is 2. The van der Waals surface area contributed by atoms with Crippen LogP contribution < -0.4 is 0 Å². The molecule has 2 nitrogen and oxygen atoms in total. The second kappa shape index (κ2) is 10.4. The molecule has 0 fully saturated rings. The molecule has 0 spiro atoms. The molecular weight excluding hydrogens is 609 g/mol. The highest BCUT2D eigenvalue weighted by Gasteiger charge is 2.24. The lowest BCUT2D eigenvalue weighted by atomic mass is 9.87. The predicted octanol–water partition coefficient (Wildman–Crippen LogP) is 13.9. The minimum atomic E-state index is 0.848. The van der Waals surface area contributed by atoms with E-state index in [1.165, 1.54) is 43.4 Å². The molecule has 0 N–H and O–H groups in total. The van der Waals surface area contributed by atoms with Gasteiger partial charge in [-0.2, -0.15) is 0 Å². The molecule has 9 aromatic carbocycles. The van der Waals surface area contributed by atoms with Crippen molar-refractivity contribution in [2.75, 3.05) is 0 Å². The Balaban J connectivity index is 1.22. The minimum Gasteiger partial charge on any atom is -0.456 e. The third-order valence-corrected chi connectivity index (χ3v) is 10.5. The van der Waals surface area contributed by atoms with Crippen LogP contribution in [0.15, 0.2) is 179 Å². The largest absolute Gasteiger partial charge is 0.456 e. The first-order chi connectivity index (χ1) is 24.8. The van der Waals surface area contributed by atoms with Gasteiger partial charge in [0.2, 0.25) is 0 Å². The Bertz CT molecular complexity index is 3070. The van der Waals surface area contributed by atoms with Crippen molar-refractivity contribution in [3.8, 4) is 44.7 Å². The molecule has 2 aromatic heterocycles. The molecule has 0 aliphatic carbocycles. The fourth-order valence-electron chi connectivity index (χ4n) is 8.28. The van der Waals surface area contributed by atoms with Crippen LogP contribution in [0.25, 0.3) is 110 Å². The van der Waals surface area contributed by atoms with E-state index in [0.717, 1.165) is 66.5 Å². The van der Waals surface area contributed by atoms with Crippen molar-refractivity contribution in [1.82, 2.24) is 0 Å². The number of furan rings is 2. The molecule has 0 amide bonds. The van der Waals surface area contributed by atoms with E-state index in [2.05, 4.69) is 152 Å². The topological polar surface area (TPSA) is 26.3 Å². The maximum atomic E-state index is 7.18. The van der Waals surface area contributed by atoms with Crippen molar-refractivity contribution < 1.29 is 8.83 Å². The van der Waals surface area contributed by atoms with E-state index in [0.29, 0.717) is 0 Å². The van der Waals surface area contributed by atoms with Crippen LogP contribution in [0.3, 0.4) is 0 Å². The molecule has 0 aliphatic heterocycles. The highest BCUT2D eigenvalue weighted by molar-refractivity contribution is 6.28. The van der Waals surface area contributed by atoms with E-state index < -0.39 is 0 Å². The number of hydrogen-bond donors (Lipinski definition) is 0. The zero-order valence-electron chi connectivity index (χ0n) is 27.0. The minimum absolute atomic E-state index is 0.848. The molecule has 11 rings (SSSR count). The number of rotatable bonds is 4. The van der Waals surface area contributed by atoms with Gasteiger partial charge < -0.3 is 8.83 Å². The van der Waals surface area contributed by atoms with Gasteiger partial charge in [0.1, 0.15) is 22.5 Å². The average Bonchev–Trinajstić information content (AvgIpc) is 3.77. The summed E-state index contributed by atoms with van der Waals surface area (Å²) in [5.41, 5.74) is 10.6. The lowest BCUT2D eigenvalue weighted by Gasteiger charge is -2.16. The van der Waals surface area contributed by atoms with Crippen LogP contribution in [0.1, 0.15) is 0 Å². The van der Waals surface area contributed by atoms with Crippen molar-refractivity contribution >= 4 is 65.2 Å². The molecule has 11 aromatic rings. The van der Waals surface area contributed by atoms with E-state index in [-0.39, 0.29) is 0 Å². The second-order valence-corrected chi connectivity index (χ2v) is 13.1. The van der Waals surface area contributed by atoms with E-state index >= 15 is 0 Å². The summed E-state index contributed by atoms with van der Waals surface area (Å²) in [5, 5.41) is 10.8. The second-order valence-electron chi connectivity index (χ2n) is 13.1. The van der Waals surface area contributed by atoms with Crippen molar-refractivity contribution in [2.24, 2.45) is 0 Å². The van der Waals surface area contributed by atoms with E-state index in [1.807, 2.05) is 18.2 Å². The Hall–Kier alpha value is -6.64. The standard InChI is InChI=1S/C48H28O2/c1-3-11-29(12-4-1)33-25-21-31-24-28-36-34(26-22-32-23-27-35(33)43(31)44(32)36)37-16-9-17-39-45(30-13-5-2-6-14-30)48(50-47(37)39)40-18-10-20-42-46(40)38-15-7-8-19-41(38)49-42/h1-28H. The SMILES string of the molecule is c1ccc(-c2c(-c3cccc4oc5ccccc5c34)oc3c(-c4ccc5ccc6c(-c7ccccc7)ccc7ccc4c5c76)cccc23)cc1. The Morgan fingerprint density at radius 3 is 1.66 bits per heavy atom. The monoisotopic (exact) mass is 636 g/mol. The molecule has 0 saturated heterocycles. The summed E-state index contributed by atoms with van der Waals surface area (Å²) in [6.07, 6.45) is 0. The Morgan fingerprint density at radius 2 is 0.880 bits per heavy atom. The summed E-state index contributed by atoms with van der Waals surface area (Å²) >= 11 is 0. The van der Waals surface area contributed by atoms with Gasteiger partial charge in [-0.25, -0.2) is 0 Å². The quantitative estimate of drug-likeness (QED) is 0.180. The molecule has 0 unspecified atom stereocenters. The summed E-state index contributed by atoms with van der Waals surface area (Å²) in [5.74, 6) is 0.848. The normalized spacial score (nSPS) is 12.0. The summed E-state index contributed by atoms with van der Waals surface area (Å²) < 4.78 is 13.5. The molecule has 0 saturated carbocycles. The molecule has 232 valence electrons. The van der Waals surface area contributed by atoms with Crippen molar-refractivity contribution in [1.29, 1.82) is 0 Å². The zero-order valence-corrected chi connectivity index (χ0v) is 27.0. The van der Waals surface area contributed by atoms with Crippen LogP contribution >= 0.6 is 0 Å². The predicted molar refractivity (Wildman–Crippen MR) is 209 cm³/mol. The summed E-state index contributed by atoms with van der Waals surface area (Å²) in [7, 11) is 0. The fraction of sp³-hybridized carbons (Fsp3) is 0. The molecule has 50 heavy (non-hydrogen) atoms. The molecule has 0 radical (unpaired) electrons. The van der Waals surface area contributed by atoms with Crippen molar-refractivity contribution in [2.45, 2.75) is 0 Å². The first-order valence-electron chi connectivity index (χ1n) is 17.1. The number of fused-ring (bicyclic) bond motifs is 4. The third-order valence-electron chi connectivity index (χ3n) is 10.5. The molecule has 0 bridgehead atoms. The highest BCUT2D eigenvalue weighted by atomic mass is 16.3. The average molecular weight is 637 g/mol. The van der Waals surface area contributed by atoms with Crippen LogP contribution in [0.2, 0.25) is 0 Å². The van der Waals surface area contributed by atoms with Crippen molar-refractivity contribution in [3.63, 3.8) is 0 Å². The first-order valence-corrected chi connectivity index (χ1v) is 17.1. The number of hydrogen-bond acceptors (Lipinski definition) is 2. The summed E-state index contributed by atoms with van der Waals surface area (Å²) in [6.45, 7) is 0. The Morgan fingerprint density at radius 1 is 0.300 bits per heavy atom. The van der Waals surface area contributed by atoms with Crippen molar-refractivity contribution in [3.05, 3.63) is 170 Å². The van der Waals surface area contributed by atoms with Crippen LogP contribution in [-0.2, 0) is 0 Å². The molecule has 0 aliphatic rings. The molecule has 2 heteroatoms. The van der Waals surface area contributed by atoms with Crippen LogP contribution in [0.4, 0.5) is 0 Å². The Labute approximate surface area is 287 Å². The number of benzene rings is 9. The zero-order chi connectivity index (χ0) is 32.8. The van der Waals surface area contributed by atoms with E-state index in [1.54, 1.807) is 0 Å². The molecule has 2 heterocycles. The smallest absolute Gasteiger partial charge is 0.144 e. The first kappa shape index (κ1) is 27.3. The van der Waals surface area contributed by atoms with Gasteiger partial charge in [-0.15, -0.1) is 0 Å². The van der Waals surface area contributed by atoms with Gasteiger partial charge in [0.05, 0.1) is 0 Å². The van der Waals surface area contributed by atoms with Crippen LogP contribution in [-0.4, -0.2) is 0 Å². The van der Waals surface area contributed by atoms with E-state index in [9.17, 15) is 0 Å². The summed E-state index contributed by atoms with van der Waals surface area (Å²) in [4.78, 5) is 0. The van der Waals surface area contributed by atoms with E-state index in [4.69, 9.17) is 8.83 Å². The van der Waals surface area contributed by atoms with Gasteiger partial charge in [-0.1, -0.05) is 158 Å². The molecular formula is C48H28O2. The van der Waals surface area contributed by atoms with Gasteiger partial charge in [0, 0.05) is 32.8 Å².